The maximum atomic E-state index is 13.5. The van der Waals surface area contributed by atoms with Crippen LogP contribution in [-0.2, 0) is 15.1 Å². The maximum Gasteiger partial charge on any atom is 0.426 e. The third-order valence-electron chi connectivity index (χ3n) is 2.64. The first kappa shape index (κ1) is 17.8. The number of amides is 1. The van der Waals surface area contributed by atoms with Crippen molar-refractivity contribution in [1.82, 2.24) is 5.32 Å². The molecule has 0 radical (unpaired) electrons. The van der Waals surface area contributed by atoms with E-state index in [2.05, 4.69) is 0 Å². The Morgan fingerprint density at radius 2 is 1.59 bits per heavy atom. The Bertz CT molecular complexity index is 551. The van der Waals surface area contributed by atoms with Gasteiger partial charge in [-0.05, 0) is 26.3 Å². The van der Waals surface area contributed by atoms with Gasteiger partial charge in [0.2, 0.25) is 0 Å². The van der Waals surface area contributed by atoms with Crippen LogP contribution in [0.5, 0.6) is 0 Å². The molecule has 0 saturated carbocycles. The second-order valence-electron chi connectivity index (χ2n) is 5.55. The van der Waals surface area contributed by atoms with Gasteiger partial charge in [-0.3, -0.25) is 5.32 Å². The van der Waals surface area contributed by atoms with Gasteiger partial charge in [-0.2, -0.15) is 13.2 Å². The van der Waals surface area contributed by atoms with Crippen LogP contribution >= 0.6 is 0 Å². The van der Waals surface area contributed by atoms with E-state index >= 15 is 0 Å². The molecule has 0 spiro atoms. The zero-order valence-electron chi connectivity index (χ0n) is 12.2. The molecule has 1 aromatic carbocycles. The largest absolute Gasteiger partial charge is 0.479 e. The summed E-state index contributed by atoms with van der Waals surface area (Å²) in [5.74, 6) is -2.25. The standard InChI is InChI=1S/C14H16F3NO4/c1-12(2,3)22-11(21)18-13(10(19)20,14(15,16)17)9-7-5-4-6-8-9/h4-8H,1-3H3,(H,18,21)(H,19,20)/t13-/m1/s1. The van der Waals surface area contributed by atoms with Gasteiger partial charge in [0.25, 0.3) is 5.54 Å². The third kappa shape index (κ3) is 3.69. The van der Waals surface area contributed by atoms with Crippen LogP contribution in [0.4, 0.5) is 18.0 Å². The summed E-state index contributed by atoms with van der Waals surface area (Å²) in [6.45, 7) is 4.35. The first-order valence-corrected chi connectivity index (χ1v) is 6.27. The van der Waals surface area contributed by atoms with Crippen LogP contribution in [-0.4, -0.2) is 28.9 Å². The van der Waals surface area contributed by atoms with Crippen LogP contribution in [0.1, 0.15) is 26.3 Å². The van der Waals surface area contributed by atoms with E-state index in [1.54, 1.807) is 0 Å². The van der Waals surface area contributed by atoms with Gasteiger partial charge >= 0.3 is 18.2 Å². The Balaban J connectivity index is 3.35. The highest BCUT2D eigenvalue weighted by molar-refractivity contribution is 5.87. The number of carbonyl (C=O) groups is 2. The SMILES string of the molecule is CC(C)(C)OC(=O)N[C@@](C(=O)O)(c1ccccc1)C(F)(F)F. The summed E-state index contributed by atoms with van der Waals surface area (Å²) >= 11 is 0. The summed E-state index contributed by atoms with van der Waals surface area (Å²) in [7, 11) is 0. The molecule has 0 saturated heterocycles. The molecule has 0 bridgehead atoms. The van der Waals surface area contributed by atoms with Crippen molar-refractivity contribution in [3.05, 3.63) is 35.9 Å². The molecule has 2 N–H and O–H groups in total. The highest BCUT2D eigenvalue weighted by Gasteiger charge is 2.63. The quantitative estimate of drug-likeness (QED) is 0.898. The fourth-order valence-electron chi connectivity index (χ4n) is 1.75. The molecule has 1 aromatic rings. The smallest absolute Gasteiger partial charge is 0.426 e. The van der Waals surface area contributed by atoms with Gasteiger partial charge in [0, 0.05) is 0 Å². The molecule has 0 heterocycles. The Morgan fingerprint density at radius 3 is 1.95 bits per heavy atom. The summed E-state index contributed by atoms with van der Waals surface area (Å²) in [4.78, 5) is 23.1. The lowest BCUT2D eigenvalue weighted by Gasteiger charge is -2.33. The van der Waals surface area contributed by atoms with Gasteiger partial charge in [-0.25, -0.2) is 9.59 Å². The van der Waals surface area contributed by atoms with Crippen molar-refractivity contribution in [3.63, 3.8) is 0 Å². The first-order chi connectivity index (χ1) is 9.90. The second-order valence-corrected chi connectivity index (χ2v) is 5.55. The molecule has 0 unspecified atom stereocenters. The van der Waals surface area contributed by atoms with E-state index in [9.17, 15) is 22.8 Å². The Hall–Kier alpha value is -2.25. The predicted octanol–water partition coefficient (Wildman–Crippen LogP) is 3.05. The van der Waals surface area contributed by atoms with E-state index in [1.807, 2.05) is 0 Å². The summed E-state index contributed by atoms with van der Waals surface area (Å²) < 4.78 is 45.1. The number of hydrogen-bond donors (Lipinski definition) is 2. The van der Waals surface area contributed by atoms with E-state index in [-0.39, 0.29) is 0 Å². The topological polar surface area (TPSA) is 75.6 Å². The number of benzene rings is 1. The van der Waals surface area contributed by atoms with E-state index in [0.29, 0.717) is 0 Å². The van der Waals surface area contributed by atoms with Crippen LogP contribution in [0.3, 0.4) is 0 Å². The lowest BCUT2D eigenvalue weighted by atomic mass is 9.89. The number of ether oxygens (including phenoxy) is 1. The van der Waals surface area contributed by atoms with Crippen LogP contribution in [0.15, 0.2) is 30.3 Å². The van der Waals surface area contributed by atoms with E-state index in [1.165, 1.54) is 44.3 Å². The average molecular weight is 319 g/mol. The Kier molecular flexibility index (Phi) is 4.74. The van der Waals surface area contributed by atoms with Crippen molar-refractivity contribution in [2.45, 2.75) is 38.1 Å². The van der Waals surface area contributed by atoms with Crippen molar-refractivity contribution in [3.8, 4) is 0 Å². The van der Waals surface area contributed by atoms with Gasteiger partial charge in [0.1, 0.15) is 5.60 Å². The highest BCUT2D eigenvalue weighted by atomic mass is 19.4. The lowest BCUT2D eigenvalue weighted by Crippen LogP contribution is -2.61. The van der Waals surface area contributed by atoms with Gasteiger partial charge in [-0.15, -0.1) is 0 Å². The predicted molar refractivity (Wildman–Crippen MR) is 71.2 cm³/mol. The number of hydrogen-bond acceptors (Lipinski definition) is 3. The fourth-order valence-corrected chi connectivity index (χ4v) is 1.75. The zero-order chi connectivity index (χ0) is 17.2. The van der Waals surface area contributed by atoms with Gasteiger partial charge in [0.05, 0.1) is 0 Å². The molecular weight excluding hydrogens is 303 g/mol. The second kappa shape index (κ2) is 5.86. The van der Waals surface area contributed by atoms with Crippen LogP contribution in [0.2, 0.25) is 0 Å². The minimum atomic E-state index is -5.27. The minimum Gasteiger partial charge on any atom is -0.479 e. The molecule has 0 aliphatic carbocycles. The first-order valence-electron chi connectivity index (χ1n) is 6.27. The van der Waals surface area contributed by atoms with E-state index in [0.717, 1.165) is 12.1 Å². The molecule has 22 heavy (non-hydrogen) atoms. The minimum absolute atomic E-state index is 0.624. The number of alkyl carbamates (subject to hydrolysis) is 1. The van der Waals surface area contributed by atoms with E-state index < -0.39 is 34.9 Å². The maximum absolute atomic E-state index is 13.5. The van der Waals surface area contributed by atoms with Crippen LogP contribution < -0.4 is 5.32 Å². The number of aliphatic carboxylic acids is 1. The number of nitrogens with one attached hydrogen (secondary N) is 1. The van der Waals surface area contributed by atoms with Crippen LogP contribution in [0, 0.1) is 0 Å². The highest BCUT2D eigenvalue weighted by Crippen LogP contribution is 2.39. The van der Waals surface area contributed by atoms with Gasteiger partial charge < -0.3 is 9.84 Å². The molecule has 1 rings (SSSR count). The molecule has 0 aliphatic heterocycles. The van der Waals surface area contributed by atoms with Crippen molar-refractivity contribution in [2.24, 2.45) is 0 Å². The Labute approximate surface area is 125 Å². The zero-order valence-corrected chi connectivity index (χ0v) is 12.2. The summed E-state index contributed by atoms with van der Waals surface area (Å²) in [5.41, 5.74) is -5.28. The lowest BCUT2D eigenvalue weighted by molar-refractivity contribution is -0.212. The molecule has 8 heteroatoms. The summed E-state index contributed by atoms with van der Waals surface area (Å²) in [6, 6.07) is 5.86. The fraction of sp³-hybridized carbons (Fsp3) is 0.429. The van der Waals surface area contributed by atoms with Crippen molar-refractivity contribution < 1.29 is 32.6 Å². The number of carboxylic acid groups (broad SMARTS) is 1. The number of halogens is 3. The molecule has 1 atom stereocenters. The molecule has 0 aliphatic rings. The van der Waals surface area contributed by atoms with Gasteiger partial charge in [-0.1, -0.05) is 30.3 Å². The molecule has 122 valence electrons. The van der Waals surface area contributed by atoms with Gasteiger partial charge in [0.15, 0.2) is 0 Å². The van der Waals surface area contributed by atoms with Crippen molar-refractivity contribution in [1.29, 1.82) is 0 Å². The number of alkyl halides is 3. The average Bonchev–Trinajstić information content (AvgIpc) is 2.32. The number of rotatable bonds is 3. The normalized spacial score (nSPS) is 14.8. The van der Waals surface area contributed by atoms with Crippen molar-refractivity contribution in [2.75, 3.05) is 0 Å². The summed E-state index contributed by atoms with van der Waals surface area (Å²) in [5, 5.41) is 10.6. The molecule has 5 nitrogen and oxygen atoms in total. The summed E-state index contributed by atoms with van der Waals surface area (Å²) in [6.07, 6.45) is -6.74. The molecular formula is C14H16F3NO4. The number of carboxylic acids is 1. The van der Waals surface area contributed by atoms with Crippen molar-refractivity contribution >= 4 is 12.1 Å². The van der Waals surface area contributed by atoms with Crippen LogP contribution in [0.25, 0.3) is 0 Å². The third-order valence-corrected chi connectivity index (χ3v) is 2.64. The van der Waals surface area contributed by atoms with E-state index in [4.69, 9.17) is 9.84 Å². The number of carbonyl (C=O) groups excluding carboxylic acids is 1. The molecule has 0 aromatic heterocycles. The Morgan fingerprint density at radius 1 is 1.09 bits per heavy atom. The molecule has 0 fully saturated rings. The molecule has 1 amide bonds. The monoisotopic (exact) mass is 319 g/mol.